The Morgan fingerprint density at radius 2 is 1.90 bits per heavy atom. The predicted octanol–water partition coefficient (Wildman–Crippen LogP) is 5.32. The van der Waals surface area contributed by atoms with Crippen LogP contribution in [0.2, 0.25) is 5.02 Å². The number of hydrogen-bond acceptors (Lipinski definition) is 8. The number of thiazole rings is 1. The summed E-state index contributed by atoms with van der Waals surface area (Å²) < 4.78 is 13.3. The zero-order valence-corrected chi connectivity index (χ0v) is 23.6. The normalized spacial score (nSPS) is 15.2. The number of aromatic nitrogens is 1. The van der Waals surface area contributed by atoms with Crippen LogP contribution in [-0.4, -0.2) is 21.6 Å². The number of fused-ring (bicyclic) bond motifs is 1. The Morgan fingerprint density at radius 3 is 2.58 bits per heavy atom. The smallest absolute Gasteiger partial charge is 0.338 e. The molecule has 1 aliphatic heterocycles. The number of hydrogen-bond donors (Lipinski definition) is 0. The van der Waals surface area contributed by atoms with Gasteiger partial charge in [-0.3, -0.25) is 19.5 Å². The SMILES string of the molecule is CC1=C(C(=O)OC(C)C)C(c2ccc(Cl)cc2)n2c(s/c(=C\c3ccc(-c4cc([N+](=O)[O-])ccc4C)o3)c2=O)=N1. The van der Waals surface area contributed by atoms with Crippen LogP contribution in [0.3, 0.4) is 0 Å². The predicted molar refractivity (Wildman–Crippen MR) is 152 cm³/mol. The highest BCUT2D eigenvalue weighted by molar-refractivity contribution is 7.07. The van der Waals surface area contributed by atoms with Crippen molar-refractivity contribution >= 4 is 40.7 Å². The summed E-state index contributed by atoms with van der Waals surface area (Å²) in [5.74, 6) is 0.284. The monoisotopic (exact) mass is 577 g/mol. The van der Waals surface area contributed by atoms with E-state index in [1.165, 1.54) is 28.0 Å². The van der Waals surface area contributed by atoms with Crippen molar-refractivity contribution in [3.05, 3.63) is 118 Å². The van der Waals surface area contributed by atoms with Crippen molar-refractivity contribution in [2.75, 3.05) is 0 Å². The van der Waals surface area contributed by atoms with Crippen LogP contribution in [0.4, 0.5) is 5.69 Å². The summed E-state index contributed by atoms with van der Waals surface area (Å²) in [5, 5.41) is 11.8. The lowest BCUT2D eigenvalue weighted by atomic mass is 9.96. The minimum atomic E-state index is -0.762. The molecule has 0 spiro atoms. The van der Waals surface area contributed by atoms with Gasteiger partial charge in [-0.15, -0.1) is 0 Å². The van der Waals surface area contributed by atoms with Crippen molar-refractivity contribution in [3.8, 4) is 11.3 Å². The van der Waals surface area contributed by atoms with Gasteiger partial charge in [-0.05, 0) is 63.1 Å². The van der Waals surface area contributed by atoms with Crippen molar-refractivity contribution in [2.24, 2.45) is 4.99 Å². The van der Waals surface area contributed by atoms with E-state index in [1.807, 2.05) is 6.92 Å². The summed E-state index contributed by atoms with van der Waals surface area (Å²) in [6.45, 7) is 7.07. The van der Waals surface area contributed by atoms with E-state index in [0.29, 0.717) is 42.7 Å². The maximum Gasteiger partial charge on any atom is 0.338 e. The molecule has 0 aliphatic carbocycles. The van der Waals surface area contributed by atoms with Gasteiger partial charge in [0.05, 0.1) is 32.9 Å². The second-order valence-corrected chi connectivity index (χ2v) is 11.0. The van der Waals surface area contributed by atoms with Gasteiger partial charge in [-0.25, -0.2) is 9.79 Å². The van der Waals surface area contributed by atoms with E-state index in [2.05, 4.69) is 4.99 Å². The van der Waals surface area contributed by atoms with E-state index in [1.54, 1.807) is 69.3 Å². The fourth-order valence-electron chi connectivity index (χ4n) is 4.51. The van der Waals surface area contributed by atoms with Crippen molar-refractivity contribution < 1.29 is 18.9 Å². The molecule has 204 valence electrons. The van der Waals surface area contributed by atoms with Crippen LogP contribution in [0, 0.1) is 17.0 Å². The number of nitro benzene ring substituents is 1. The second kappa shape index (κ2) is 10.7. The van der Waals surface area contributed by atoms with E-state index in [4.69, 9.17) is 20.8 Å². The molecule has 0 amide bonds. The molecule has 5 rings (SSSR count). The summed E-state index contributed by atoms with van der Waals surface area (Å²) in [6.07, 6.45) is 1.25. The number of furan rings is 1. The van der Waals surface area contributed by atoms with Crippen molar-refractivity contribution in [1.82, 2.24) is 4.57 Å². The second-order valence-electron chi connectivity index (χ2n) is 9.55. The van der Waals surface area contributed by atoms with Gasteiger partial charge in [-0.2, -0.15) is 0 Å². The van der Waals surface area contributed by atoms with E-state index in [0.717, 1.165) is 5.56 Å². The largest absolute Gasteiger partial charge is 0.459 e. The third-order valence-electron chi connectivity index (χ3n) is 6.37. The molecule has 9 nitrogen and oxygen atoms in total. The number of benzene rings is 2. The molecular weight excluding hydrogens is 554 g/mol. The quantitative estimate of drug-likeness (QED) is 0.174. The summed E-state index contributed by atoms with van der Waals surface area (Å²) in [5.41, 5.74) is 2.42. The Hall–Kier alpha value is -4.28. The lowest BCUT2D eigenvalue weighted by Crippen LogP contribution is -2.40. The number of ether oxygens (including phenoxy) is 1. The van der Waals surface area contributed by atoms with Crippen LogP contribution >= 0.6 is 22.9 Å². The van der Waals surface area contributed by atoms with Gasteiger partial charge in [-0.1, -0.05) is 41.1 Å². The first-order valence-electron chi connectivity index (χ1n) is 12.4. The molecule has 2 aromatic heterocycles. The van der Waals surface area contributed by atoms with Crippen molar-refractivity contribution in [2.45, 2.75) is 39.8 Å². The Morgan fingerprint density at radius 1 is 1.18 bits per heavy atom. The number of rotatable bonds is 6. The van der Waals surface area contributed by atoms with E-state index >= 15 is 0 Å². The zero-order chi connectivity index (χ0) is 28.7. The van der Waals surface area contributed by atoms with Gasteiger partial charge in [0.25, 0.3) is 11.2 Å². The molecule has 11 heteroatoms. The number of carbonyl (C=O) groups excluding carboxylic acids is 1. The Kier molecular flexibility index (Phi) is 7.31. The summed E-state index contributed by atoms with van der Waals surface area (Å²) in [6, 6.07) is 14.1. The van der Waals surface area contributed by atoms with Gasteiger partial charge in [0.1, 0.15) is 11.5 Å². The summed E-state index contributed by atoms with van der Waals surface area (Å²) in [4.78, 5) is 42.8. The summed E-state index contributed by atoms with van der Waals surface area (Å²) >= 11 is 7.29. The van der Waals surface area contributed by atoms with Crippen LogP contribution in [0.1, 0.15) is 43.7 Å². The number of non-ortho nitro benzene ring substituents is 1. The fourth-order valence-corrected chi connectivity index (χ4v) is 5.67. The maximum atomic E-state index is 13.8. The molecule has 0 fully saturated rings. The lowest BCUT2D eigenvalue weighted by Gasteiger charge is -2.25. The Bertz CT molecular complexity index is 1860. The first kappa shape index (κ1) is 27.3. The fraction of sp³-hybridized carbons (Fsp3) is 0.207. The van der Waals surface area contributed by atoms with Crippen molar-refractivity contribution in [1.29, 1.82) is 0 Å². The van der Waals surface area contributed by atoms with Crippen LogP contribution in [0.25, 0.3) is 17.4 Å². The maximum absolute atomic E-state index is 13.8. The van der Waals surface area contributed by atoms with E-state index in [-0.39, 0.29) is 22.9 Å². The average Bonchev–Trinajstić information content (AvgIpc) is 3.47. The number of esters is 1. The Balaban J connectivity index is 1.62. The highest BCUT2D eigenvalue weighted by atomic mass is 35.5. The number of aryl methyl sites for hydroxylation is 1. The van der Waals surface area contributed by atoms with Crippen LogP contribution < -0.4 is 14.9 Å². The van der Waals surface area contributed by atoms with Gasteiger partial charge in [0.15, 0.2) is 4.80 Å². The molecule has 0 saturated carbocycles. The van der Waals surface area contributed by atoms with Crippen molar-refractivity contribution in [3.63, 3.8) is 0 Å². The number of nitrogens with zero attached hydrogens (tertiary/aromatic N) is 3. The van der Waals surface area contributed by atoms with Crippen LogP contribution in [0.5, 0.6) is 0 Å². The van der Waals surface area contributed by atoms with Crippen LogP contribution in [0.15, 0.2) is 80.1 Å². The topological polar surface area (TPSA) is 117 Å². The van der Waals surface area contributed by atoms with Gasteiger partial charge in [0, 0.05) is 28.8 Å². The number of halogens is 1. The average molecular weight is 578 g/mol. The highest BCUT2D eigenvalue weighted by Gasteiger charge is 2.33. The highest BCUT2D eigenvalue weighted by Crippen LogP contribution is 2.32. The minimum Gasteiger partial charge on any atom is -0.459 e. The molecule has 1 unspecified atom stereocenters. The number of allylic oxidation sites excluding steroid dienone is 1. The third kappa shape index (κ3) is 5.15. The standard InChI is InChI=1S/C29H24ClN3O6S/c1-15(2)38-28(35)25-17(4)31-29-32(26(25)18-6-8-19(30)9-7-18)27(34)24(40-29)14-21-11-12-23(39-21)22-13-20(33(36)37)10-5-16(22)3/h5-15,26H,1-4H3/b24-14-. The minimum absolute atomic E-state index is 0.0452. The van der Waals surface area contributed by atoms with Gasteiger partial charge < -0.3 is 9.15 Å². The molecular formula is C29H24ClN3O6S. The first-order chi connectivity index (χ1) is 19.0. The number of carbonyl (C=O) groups is 1. The molecule has 1 aliphatic rings. The summed E-state index contributed by atoms with van der Waals surface area (Å²) in [7, 11) is 0. The molecule has 40 heavy (non-hydrogen) atoms. The molecule has 1 atom stereocenters. The molecule has 2 aromatic carbocycles. The van der Waals surface area contributed by atoms with Gasteiger partial charge >= 0.3 is 5.97 Å². The lowest BCUT2D eigenvalue weighted by molar-refractivity contribution is -0.384. The molecule has 0 bridgehead atoms. The molecule has 3 heterocycles. The molecule has 0 saturated heterocycles. The molecule has 0 radical (unpaired) electrons. The molecule has 0 N–H and O–H groups in total. The number of nitro groups is 1. The van der Waals surface area contributed by atoms with Gasteiger partial charge in [0.2, 0.25) is 0 Å². The van der Waals surface area contributed by atoms with E-state index in [9.17, 15) is 19.7 Å². The zero-order valence-electron chi connectivity index (χ0n) is 22.0. The van der Waals surface area contributed by atoms with E-state index < -0.39 is 16.9 Å². The first-order valence-corrected chi connectivity index (χ1v) is 13.6. The third-order valence-corrected chi connectivity index (χ3v) is 7.60. The molecule has 4 aromatic rings. The Labute approximate surface area is 237 Å². The van der Waals surface area contributed by atoms with Crippen LogP contribution in [-0.2, 0) is 9.53 Å².